The number of likely N-dealkylation sites (tertiary alicyclic amines) is 1. The number of nitrogens with zero attached hydrogens (tertiary/aromatic N) is 4. The number of hydrogen-bond acceptors (Lipinski definition) is 6. The number of amides is 1. The van der Waals surface area contributed by atoms with Crippen molar-refractivity contribution in [1.82, 2.24) is 19.9 Å². The van der Waals surface area contributed by atoms with Crippen LogP contribution in [0.15, 0.2) is 48.9 Å². The Balaban J connectivity index is 1.60. The van der Waals surface area contributed by atoms with Crippen molar-refractivity contribution < 1.29 is 14.3 Å². The third kappa shape index (κ3) is 5.32. The number of benzene rings is 1. The molecule has 0 radical (unpaired) electrons. The van der Waals surface area contributed by atoms with E-state index in [9.17, 15) is 4.79 Å². The van der Waals surface area contributed by atoms with Crippen LogP contribution in [0, 0.1) is 5.92 Å². The van der Waals surface area contributed by atoms with Crippen molar-refractivity contribution in [3.05, 3.63) is 75.1 Å². The van der Waals surface area contributed by atoms with Gasteiger partial charge in [-0.3, -0.25) is 4.79 Å². The lowest BCUT2D eigenvalue weighted by molar-refractivity contribution is 0.0768. The summed E-state index contributed by atoms with van der Waals surface area (Å²) < 4.78 is 11.1. The second kappa shape index (κ2) is 10.1. The molecule has 1 aliphatic heterocycles. The highest BCUT2D eigenvalue weighted by Crippen LogP contribution is 2.38. The van der Waals surface area contributed by atoms with E-state index in [4.69, 9.17) is 44.3 Å². The van der Waals surface area contributed by atoms with Crippen molar-refractivity contribution in [2.45, 2.75) is 18.9 Å². The van der Waals surface area contributed by atoms with Gasteiger partial charge in [0.1, 0.15) is 6.10 Å². The van der Waals surface area contributed by atoms with Gasteiger partial charge in [0.15, 0.2) is 0 Å². The number of halogens is 3. The van der Waals surface area contributed by atoms with Crippen LogP contribution in [0.1, 0.15) is 28.8 Å². The predicted molar refractivity (Wildman–Crippen MR) is 127 cm³/mol. The van der Waals surface area contributed by atoms with Gasteiger partial charge in [0.2, 0.25) is 5.88 Å². The van der Waals surface area contributed by atoms with Crippen LogP contribution in [0.4, 0.5) is 0 Å². The van der Waals surface area contributed by atoms with Gasteiger partial charge in [0.25, 0.3) is 5.91 Å². The maximum Gasteiger partial charge on any atom is 0.316 e. The highest BCUT2D eigenvalue weighted by molar-refractivity contribution is 6.42. The number of rotatable bonds is 6. The molecule has 3 aromatic rings. The average Bonchev–Trinajstić information content (AvgIpc) is 3.27. The summed E-state index contributed by atoms with van der Waals surface area (Å²) in [6, 6.07) is 9.20. The summed E-state index contributed by atoms with van der Waals surface area (Å²) in [5.41, 5.74) is 1.37. The molecular formula is C23H21Cl3N4O3. The van der Waals surface area contributed by atoms with Crippen molar-refractivity contribution in [1.29, 1.82) is 0 Å². The number of pyridine rings is 1. The molecule has 4 rings (SSSR count). The van der Waals surface area contributed by atoms with E-state index in [1.54, 1.807) is 23.1 Å². The first kappa shape index (κ1) is 23.5. The fourth-order valence-corrected chi connectivity index (χ4v) is 4.41. The van der Waals surface area contributed by atoms with E-state index in [0.717, 1.165) is 5.56 Å². The molecular weight excluding hydrogens is 487 g/mol. The average molecular weight is 508 g/mol. The molecule has 1 aliphatic rings. The van der Waals surface area contributed by atoms with E-state index in [-0.39, 0.29) is 29.9 Å². The van der Waals surface area contributed by atoms with Crippen LogP contribution < -0.4 is 9.47 Å². The molecule has 7 nitrogen and oxygen atoms in total. The van der Waals surface area contributed by atoms with Gasteiger partial charge in [-0.2, -0.15) is 0 Å². The molecule has 1 saturated heterocycles. The normalized spacial score (nSPS) is 18.8. The molecule has 172 valence electrons. The molecule has 1 aromatic carbocycles. The van der Waals surface area contributed by atoms with Crippen LogP contribution >= 0.6 is 34.8 Å². The Kier molecular flexibility index (Phi) is 7.22. The quantitative estimate of drug-likeness (QED) is 0.458. The lowest BCUT2D eigenvalue weighted by Crippen LogP contribution is -2.32. The monoisotopic (exact) mass is 506 g/mol. The minimum absolute atomic E-state index is 0.0230. The Bertz CT molecular complexity index is 1130. The Morgan fingerprint density at radius 1 is 1.03 bits per heavy atom. The van der Waals surface area contributed by atoms with Crippen LogP contribution in [0.5, 0.6) is 11.9 Å². The molecule has 0 spiro atoms. The molecule has 0 aliphatic carbocycles. The molecule has 3 heterocycles. The van der Waals surface area contributed by atoms with Crippen LogP contribution in [0.25, 0.3) is 0 Å². The van der Waals surface area contributed by atoms with Crippen LogP contribution in [-0.4, -0.2) is 52.1 Å². The van der Waals surface area contributed by atoms with Crippen LogP contribution in [-0.2, 0) is 0 Å². The van der Waals surface area contributed by atoms with E-state index >= 15 is 0 Å². The number of aromatic nitrogens is 3. The predicted octanol–water partition coefficient (Wildman–Crippen LogP) is 5.16. The van der Waals surface area contributed by atoms with Crippen molar-refractivity contribution >= 4 is 40.7 Å². The SMILES string of the molecule is COc1ncc(C(=O)N2C[C@@H]([C@@H](C)Oc3ccc(Cl)cn3)[C@H](c3ccc(Cl)c(Cl)c3)C2)cn1. The zero-order valence-corrected chi connectivity index (χ0v) is 20.2. The molecule has 0 N–H and O–H groups in total. The number of hydrogen-bond donors (Lipinski definition) is 0. The third-order valence-electron chi connectivity index (χ3n) is 5.69. The van der Waals surface area contributed by atoms with E-state index in [1.807, 2.05) is 19.1 Å². The molecule has 0 bridgehead atoms. The number of carbonyl (C=O) groups is 1. The van der Waals surface area contributed by atoms with E-state index in [0.29, 0.717) is 39.6 Å². The maximum absolute atomic E-state index is 13.2. The van der Waals surface area contributed by atoms with Gasteiger partial charge in [0.05, 0.1) is 27.7 Å². The molecule has 33 heavy (non-hydrogen) atoms. The Labute approximate surface area is 206 Å². The second-order valence-corrected chi connectivity index (χ2v) is 9.00. The van der Waals surface area contributed by atoms with Gasteiger partial charge in [-0.05, 0) is 30.7 Å². The van der Waals surface area contributed by atoms with E-state index in [2.05, 4.69) is 15.0 Å². The number of carbonyl (C=O) groups excluding carboxylic acids is 1. The van der Waals surface area contributed by atoms with Crippen molar-refractivity contribution in [2.24, 2.45) is 5.92 Å². The van der Waals surface area contributed by atoms with Gasteiger partial charge in [-0.1, -0.05) is 40.9 Å². The molecule has 1 fully saturated rings. The molecule has 0 unspecified atom stereocenters. The second-order valence-electron chi connectivity index (χ2n) is 7.75. The molecule has 2 aromatic heterocycles. The number of ether oxygens (including phenoxy) is 2. The van der Waals surface area contributed by atoms with Gasteiger partial charge in [-0.15, -0.1) is 0 Å². The topological polar surface area (TPSA) is 77.4 Å². The number of methoxy groups -OCH3 is 1. The lowest BCUT2D eigenvalue weighted by Gasteiger charge is -2.25. The first-order valence-corrected chi connectivity index (χ1v) is 11.4. The summed E-state index contributed by atoms with van der Waals surface area (Å²) in [6.45, 7) is 2.93. The van der Waals surface area contributed by atoms with Crippen molar-refractivity contribution in [2.75, 3.05) is 20.2 Å². The summed E-state index contributed by atoms with van der Waals surface area (Å²) in [5, 5.41) is 1.48. The fourth-order valence-electron chi connectivity index (χ4n) is 3.99. The highest BCUT2D eigenvalue weighted by atomic mass is 35.5. The Hall–Kier alpha value is -2.61. The van der Waals surface area contributed by atoms with Crippen molar-refractivity contribution in [3.8, 4) is 11.9 Å². The lowest BCUT2D eigenvalue weighted by atomic mass is 9.86. The van der Waals surface area contributed by atoms with Gasteiger partial charge in [0, 0.05) is 49.6 Å². The van der Waals surface area contributed by atoms with Crippen LogP contribution in [0.2, 0.25) is 15.1 Å². The largest absolute Gasteiger partial charge is 0.474 e. The molecule has 0 saturated carbocycles. The summed E-state index contributed by atoms with van der Waals surface area (Å²) in [5.74, 6) is 0.253. The fraction of sp³-hybridized carbons (Fsp3) is 0.304. The first-order chi connectivity index (χ1) is 15.9. The third-order valence-corrected chi connectivity index (χ3v) is 6.65. The molecule has 10 heteroatoms. The minimum atomic E-state index is -0.247. The Morgan fingerprint density at radius 2 is 1.79 bits per heavy atom. The zero-order valence-electron chi connectivity index (χ0n) is 17.9. The van der Waals surface area contributed by atoms with Gasteiger partial charge < -0.3 is 14.4 Å². The maximum atomic E-state index is 13.2. The molecule has 1 amide bonds. The standard InChI is InChI=1S/C23H21Cl3N4O3/c1-13(33-21-6-4-16(24)10-27-21)17-11-30(22(31)15-8-28-23(32-2)29-9-15)12-18(17)14-3-5-19(25)20(26)7-14/h3-10,13,17-18H,11-12H2,1-2H3/t13-,17+,18+/m1/s1. The summed E-state index contributed by atoms with van der Waals surface area (Å²) in [4.78, 5) is 27.3. The van der Waals surface area contributed by atoms with Gasteiger partial charge in [-0.25, -0.2) is 15.0 Å². The Morgan fingerprint density at radius 3 is 2.42 bits per heavy atom. The van der Waals surface area contributed by atoms with Crippen molar-refractivity contribution in [3.63, 3.8) is 0 Å². The summed E-state index contributed by atoms with van der Waals surface area (Å²) in [7, 11) is 1.47. The summed E-state index contributed by atoms with van der Waals surface area (Å²) in [6.07, 6.45) is 4.22. The van der Waals surface area contributed by atoms with E-state index < -0.39 is 0 Å². The van der Waals surface area contributed by atoms with Gasteiger partial charge >= 0.3 is 6.01 Å². The van der Waals surface area contributed by atoms with E-state index in [1.165, 1.54) is 25.7 Å². The highest BCUT2D eigenvalue weighted by Gasteiger charge is 2.40. The van der Waals surface area contributed by atoms with Crippen LogP contribution in [0.3, 0.4) is 0 Å². The smallest absolute Gasteiger partial charge is 0.316 e. The minimum Gasteiger partial charge on any atom is -0.474 e. The molecule has 3 atom stereocenters. The first-order valence-electron chi connectivity index (χ1n) is 10.2. The zero-order chi connectivity index (χ0) is 23.5. The summed E-state index contributed by atoms with van der Waals surface area (Å²) >= 11 is 18.4.